The molecule has 0 radical (unpaired) electrons. The van der Waals surface area contributed by atoms with Crippen molar-refractivity contribution < 1.29 is 9.53 Å². The van der Waals surface area contributed by atoms with Crippen LogP contribution in [0.15, 0.2) is 42.5 Å². The van der Waals surface area contributed by atoms with Crippen LogP contribution in [-0.2, 0) is 6.42 Å². The fraction of sp³-hybridized carbons (Fsp3) is 0.133. The summed E-state index contributed by atoms with van der Waals surface area (Å²) in [5.41, 5.74) is 1.34. The maximum Gasteiger partial charge on any atom is 0.167 e. The van der Waals surface area contributed by atoms with Crippen LogP contribution in [0.1, 0.15) is 15.9 Å². The molecule has 0 saturated heterocycles. The van der Waals surface area contributed by atoms with Crippen LogP contribution >= 0.6 is 23.2 Å². The number of hydrogen-bond acceptors (Lipinski definition) is 2. The number of methoxy groups -OCH3 is 1. The van der Waals surface area contributed by atoms with Crippen molar-refractivity contribution in [2.24, 2.45) is 0 Å². The summed E-state index contributed by atoms with van der Waals surface area (Å²) in [5.74, 6) is 0.651. The van der Waals surface area contributed by atoms with E-state index in [4.69, 9.17) is 27.9 Å². The molecule has 4 heteroatoms. The zero-order valence-electron chi connectivity index (χ0n) is 10.3. The van der Waals surface area contributed by atoms with E-state index in [9.17, 15) is 4.79 Å². The Hall–Kier alpha value is -1.51. The van der Waals surface area contributed by atoms with Crippen LogP contribution < -0.4 is 4.74 Å². The first-order chi connectivity index (χ1) is 9.10. The first-order valence-corrected chi connectivity index (χ1v) is 6.47. The molecule has 19 heavy (non-hydrogen) atoms. The minimum atomic E-state index is -0.0473. The third-order valence-corrected chi connectivity index (χ3v) is 3.16. The fourth-order valence-corrected chi connectivity index (χ4v) is 2.36. The molecule has 0 aliphatic rings. The quantitative estimate of drug-likeness (QED) is 0.780. The number of ether oxygens (including phenoxy) is 1. The predicted molar refractivity (Wildman–Crippen MR) is 77.5 cm³/mol. The Balaban J connectivity index is 2.25. The summed E-state index contributed by atoms with van der Waals surface area (Å²) in [4.78, 5) is 12.2. The number of hydrogen-bond donors (Lipinski definition) is 0. The van der Waals surface area contributed by atoms with Crippen molar-refractivity contribution in [3.05, 3.63) is 63.6 Å². The van der Waals surface area contributed by atoms with Gasteiger partial charge in [-0.15, -0.1) is 0 Å². The smallest absolute Gasteiger partial charge is 0.167 e. The van der Waals surface area contributed by atoms with Gasteiger partial charge in [0.25, 0.3) is 0 Å². The van der Waals surface area contributed by atoms with Gasteiger partial charge in [-0.05, 0) is 24.3 Å². The number of Topliss-reactive ketones (excluding diaryl/α,β-unsaturated/α-hetero) is 1. The molecule has 0 spiro atoms. The minimum Gasteiger partial charge on any atom is -0.496 e. The summed E-state index contributed by atoms with van der Waals surface area (Å²) >= 11 is 11.8. The van der Waals surface area contributed by atoms with Crippen molar-refractivity contribution >= 4 is 29.0 Å². The largest absolute Gasteiger partial charge is 0.496 e. The van der Waals surface area contributed by atoms with Crippen LogP contribution in [0.2, 0.25) is 10.0 Å². The second-order valence-electron chi connectivity index (χ2n) is 4.07. The molecule has 0 unspecified atom stereocenters. The van der Waals surface area contributed by atoms with Gasteiger partial charge in [0.2, 0.25) is 0 Å². The topological polar surface area (TPSA) is 26.3 Å². The maximum absolute atomic E-state index is 12.2. The first kappa shape index (κ1) is 13.9. The molecule has 2 aromatic rings. The molecule has 0 fully saturated rings. The highest BCUT2D eigenvalue weighted by Crippen LogP contribution is 2.23. The van der Waals surface area contributed by atoms with E-state index in [2.05, 4.69) is 0 Å². The van der Waals surface area contributed by atoms with Crippen LogP contribution in [0.4, 0.5) is 0 Å². The van der Waals surface area contributed by atoms with E-state index in [-0.39, 0.29) is 12.2 Å². The van der Waals surface area contributed by atoms with E-state index >= 15 is 0 Å². The Bertz CT molecular complexity index is 589. The second kappa shape index (κ2) is 6.09. The van der Waals surface area contributed by atoms with Gasteiger partial charge in [0.1, 0.15) is 5.75 Å². The summed E-state index contributed by atoms with van der Waals surface area (Å²) in [7, 11) is 1.58. The number of ketones is 1. The van der Waals surface area contributed by atoms with E-state index < -0.39 is 0 Å². The summed E-state index contributed by atoms with van der Waals surface area (Å²) in [6.45, 7) is 0. The van der Waals surface area contributed by atoms with Gasteiger partial charge in [0.15, 0.2) is 5.78 Å². The van der Waals surface area contributed by atoms with Crippen molar-refractivity contribution in [2.75, 3.05) is 7.11 Å². The Kier molecular flexibility index (Phi) is 4.46. The molecule has 0 aromatic heterocycles. The molecule has 98 valence electrons. The number of benzene rings is 2. The highest BCUT2D eigenvalue weighted by atomic mass is 35.5. The Morgan fingerprint density at radius 2 is 1.74 bits per heavy atom. The van der Waals surface area contributed by atoms with Gasteiger partial charge in [-0.1, -0.05) is 41.4 Å². The van der Waals surface area contributed by atoms with Crippen LogP contribution in [0.3, 0.4) is 0 Å². The van der Waals surface area contributed by atoms with Crippen molar-refractivity contribution in [1.82, 2.24) is 0 Å². The maximum atomic E-state index is 12.2. The monoisotopic (exact) mass is 294 g/mol. The number of carbonyl (C=O) groups is 1. The zero-order chi connectivity index (χ0) is 13.8. The average Bonchev–Trinajstić information content (AvgIpc) is 2.38. The predicted octanol–water partition coefficient (Wildman–Crippen LogP) is 4.43. The summed E-state index contributed by atoms with van der Waals surface area (Å²) in [6.07, 6.45) is 0.251. The highest BCUT2D eigenvalue weighted by molar-refractivity contribution is 6.35. The lowest BCUT2D eigenvalue weighted by atomic mass is 10.0. The van der Waals surface area contributed by atoms with Gasteiger partial charge in [0.05, 0.1) is 7.11 Å². The van der Waals surface area contributed by atoms with Crippen molar-refractivity contribution in [3.8, 4) is 5.75 Å². The number of rotatable bonds is 4. The normalized spacial score (nSPS) is 10.3. The average molecular weight is 295 g/mol. The second-order valence-corrected chi connectivity index (χ2v) is 4.94. The molecule has 0 saturated carbocycles. The van der Waals surface area contributed by atoms with Crippen molar-refractivity contribution in [2.45, 2.75) is 6.42 Å². The molecule has 0 bridgehead atoms. The van der Waals surface area contributed by atoms with E-state index in [0.717, 1.165) is 5.56 Å². The lowest BCUT2D eigenvalue weighted by molar-refractivity contribution is 0.0992. The van der Waals surface area contributed by atoms with E-state index in [1.54, 1.807) is 25.3 Å². The molecule has 0 amide bonds. The Morgan fingerprint density at radius 3 is 2.37 bits per heavy atom. The molecule has 0 heterocycles. The molecule has 0 N–H and O–H groups in total. The Morgan fingerprint density at radius 1 is 1.11 bits per heavy atom. The van der Waals surface area contributed by atoms with Gasteiger partial charge in [-0.3, -0.25) is 4.79 Å². The molecule has 0 aliphatic heterocycles. The minimum absolute atomic E-state index is 0.0473. The summed E-state index contributed by atoms with van der Waals surface area (Å²) < 4.78 is 5.23. The van der Waals surface area contributed by atoms with E-state index in [1.807, 2.05) is 24.3 Å². The number of carbonyl (C=O) groups excluding carboxylic acids is 1. The van der Waals surface area contributed by atoms with Crippen LogP contribution in [0.25, 0.3) is 0 Å². The van der Waals surface area contributed by atoms with Gasteiger partial charge in [-0.2, -0.15) is 0 Å². The number of halogens is 2. The molecular formula is C15H12Cl2O2. The number of para-hydroxylation sites is 1. The van der Waals surface area contributed by atoms with Crippen molar-refractivity contribution in [3.63, 3.8) is 0 Å². The molecule has 2 aromatic carbocycles. The third kappa shape index (κ3) is 3.49. The molecule has 2 rings (SSSR count). The zero-order valence-corrected chi connectivity index (χ0v) is 11.8. The molecular weight excluding hydrogens is 283 g/mol. The van der Waals surface area contributed by atoms with Gasteiger partial charge < -0.3 is 4.74 Å². The SMILES string of the molecule is COc1ccccc1CC(=O)c1cc(Cl)cc(Cl)c1. The lowest BCUT2D eigenvalue weighted by Crippen LogP contribution is -2.05. The summed E-state index contributed by atoms with van der Waals surface area (Å²) in [5, 5.41) is 0.909. The van der Waals surface area contributed by atoms with Gasteiger partial charge in [0, 0.05) is 27.6 Å². The third-order valence-electron chi connectivity index (χ3n) is 2.73. The lowest BCUT2D eigenvalue weighted by Gasteiger charge is -2.08. The first-order valence-electron chi connectivity index (χ1n) is 5.71. The Labute approximate surface area is 121 Å². The molecule has 0 atom stereocenters. The highest BCUT2D eigenvalue weighted by Gasteiger charge is 2.11. The molecule has 2 nitrogen and oxygen atoms in total. The van der Waals surface area contributed by atoms with Crippen molar-refractivity contribution in [1.29, 1.82) is 0 Å². The fourth-order valence-electron chi connectivity index (χ4n) is 1.84. The van der Waals surface area contributed by atoms with E-state index in [1.165, 1.54) is 0 Å². The van der Waals surface area contributed by atoms with Crippen LogP contribution in [-0.4, -0.2) is 12.9 Å². The van der Waals surface area contributed by atoms with Gasteiger partial charge in [-0.25, -0.2) is 0 Å². The van der Waals surface area contributed by atoms with Gasteiger partial charge >= 0.3 is 0 Å². The van der Waals surface area contributed by atoms with Crippen LogP contribution in [0, 0.1) is 0 Å². The molecule has 0 aliphatic carbocycles. The summed E-state index contributed by atoms with van der Waals surface area (Å²) in [6, 6.07) is 12.3. The van der Waals surface area contributed by atoms with E-state index in [0.29, 0.717) is 21.4 Å². The van der Waals surface area contributed by atoms with Crippen LogP contribution in [0.5, 0.6) is 5.75 Å². The standard InChI is InChI=1S/C15H12Cl2O2/c1-19-15-5-3-2-4-10(15)8-14(18)11-6-12(16)9-13(17)7-11/h2-7,9H,8H2,1H3.